The predicted octanol–water partition coefficient (Wildman–Crippen LogP) is 2.96. The van der Waals surface area contributed by atoms with Gasteiger partial charge in [-0.3, -0.25) is 9.78 Å². The molecule has 2 aliphatic heterocycles. The Bertz CT molecular complexity index is 1330. The highest BCUT2D eigenvalue weighted by molar-refractivity contribution is 9.10. The summed E-state index contributed by atoms with van der Waals surface area (Å²) in [5.41, 5.74) is -1.91. The van der Waals surface area contributed by atoms with Crippen molar-refractivity contribution in [3.8, 4) is 11.5 Å². The van der Waals surface area contributed by atoms with E-state index in [0.717, 1.165) is 10.0 Å². The van der Waals surface area contributed by atoms with E-state index in [2.05, 4.69) is 20.9 Å². The molecule has 0 radical (unpaired) electrons. The van der Waals surface area contributed by atoms with Gasteiger partial charge in [0, 0.05) is 17.4 Å². The summed E-state index contributed by atoms with van der Waals surface area (Å²) in [6, 6.07) is 16.8. The van der Waals surface area contributed by atoms with Crippen LogP contribution < -0.4 is 9.47 Å². The van der Waals surface area contributed by atoms with Crippen LogP contribution in [0.15, 0.2) is 71.5 Å². The van der Waals surface area contributed by atoms with Gasteiger partial charge in [0.2, 0.25) is 5.91 Å². The Morgan fingerprint density at radius 2 is 1.84 bits per heavy atom. The summed E-state index contributed by atoms with van der Waals surface area (Å²) in [6.07, 6.45) is 1.47. The van der Waals surface area contributed by atoms with E-state index in [-0.39, 0.29) is 23.3 Å². The minimum atomic E-state index is -2.03. The third kappa shape index (κ3) is 3.24. The van der Waals surface area contributed by atoms with E-state index in [1.807, 2.05) is 54.6 Å². The number of ether oxygens (including phenoxy) is 3. The molecule has 1 aromatic heterocycles. The van der Waals surface area contributed by atoms with E-state index in [9.17, 15) is 15.0 Å². The van der Waals surface area contributed by atoms with Crippen molar-refractivity contribution in [2.24, 2.45) is 5.92 Å². The molecule has 1 saturated heterocycles. The van der Waals surface area contributed by atoms with E-state index in [1.54, 1.807) is 11.9 Å². The maximum atomic E-state index is 14.1. The van der Waals surface area contributed by atoms with Gasteiger partial charge in [0.05, 0.1) is 50.2 Å². The number of halogens is 1. The van der Waals surface area contributed by atoms with Crippen LogP contribution in [-0.2, 0) is 20.7 Å². The van der Waals surface area contributed by atoms with Crippen LogP contribution >= 0.6 is 15.9 Å². The normalized spacial score (nSPS) is 30.1. The van der Waals surface area contributed by atoms with Crippen LogP contribution in [0.5, 0.6) is 11.5 Å². The summed E-state index contributed by atoms with van der Waals surface area (Å²) in [6.45, 7) is 0.865. The predicted molar refractivity (Wildman–Crippen MR) is 137 cm³/mol. The second-order valence-electron chi connectivity index (χ2n) is 9.83. The fraction of sp³-hybridized carbons (Fsp3) is 0.357. The Hall–Kier alpha value is -2.98. The van der Waals surface area contributed by atoms with Crippen molar-refractivity contribution in [1.29, 1.82) is 0 Å². The number of hydrogen-bond donors (Lipinski definition) is 2. The van der Waals surface area contributed by atoms with Crippen LogP contribution in [-0.4, -0.2) is 65.5 Å². The molecule has 3 aliphatic rings. The second kappa shape index (κ2) is 8.80. The third-order valence-electron chi connectivity index (χ3n) is 8.11. The molecule has 6 rings (SSSR count). The fourth-order valence-electron chi connectivity index (χ4n) is 6.23. The molecule has 0 bridgehead atoms. The lowest BCUT2D eigenvalue weighted by Gasteiger charge is -2.41. The lowest BCUT2D eigenvalue weighted by atomic mass is 9.70. The Kier molecular flexibility index (Phi) is 5.80. The SMILES string of the molecule is COc1cncc2c1C1(O)C(O)C(C(=O)N(C)C3COC3)C(c3ccccc3)C1(c1ccc(Br)cc1)O2. The minimum Gasteiger partial charge on any atom is -0.495 e. The first-order valence-electron chi connectivity index (χ1n) is 12.1. The zero-order valence-electron chi connectivity index (χ0n) is 20.4. The highest BCUT2D eigenvalue weighted by Crippen LogP contribution is 2.69. The molecule has 1 amide bonds. The maximum absolute atomic E-state index is 14.1. The molecule has 8 nitrogen and oxygen atoms in total. The van der Waals surface area contributed by atoms with Crippen LogP contribution in [0.3, 0.4) is 0 Å². The van der Waals surface area contributed by atoms with Gasteiger partial charge in [0.1, 0.15) is 17.6 Å². The summed E-state index contributed by atoms with van der Waals surface area (Å²) < 4.78 is 18.5. The van der Waals surface area contributed by atoms with Gasteiger partial charge in [-0.25, -0.2) is 0 Å². The second-order valence-corrected chi connectivity index (χ2v) is 10.7. The number of benzene rings is 2. The fourth-order valence-corrected chi connectivity index (χ4v) is 6.49. The lowest BCUT2D eigenvalue weighted by molar-refractivity contribution is -0.160. The monoisotopic (exact) mass is 566 g/mol. The molecular formula is C28H27BrN2O6. The first kappa shape index (κ1) is 24.4. The number of carbonyl (C=O) groups is 1. The molecule has 0 spiro atoms. The van der Waals surface area contributed by atoms with E-state index in [0.29, 0.717) is 24.5 Å². The number of aliphatic hydroxyl groups is 2. The quantitative estimate of drug-likeness (QED) is 0.489. The largest absolute Gasteiger partial charge is 0.495 e. The zero-order chi connectivity index (χ0) is 25.9. The molecule has 3 heterocycles. The van der Waals surface area contributed by atoms with Crippen molar-refractivity contribution >= 4 is 21.8 Å². The van der Waals surface area contributed by atoms with E-state index in [4.69, 9.17) is 14.2 Å². The summed E-state index contributed by atoms with van der Waals surface area (Å²) in [7, 11) is 3.19. The number of carbonyl (C=O) groups excluding carboxylic acids is 1. The van der Waals surface area contributed by atoms with Crippen LogP contribution in [0.1, 0.15) is 22.6 Å². The minimum absolute atomic E-state index is 0.0956. The van der Waals surface area contributed by atoms with Gasteiger partial charge in [-0.15, -0.1) is 0 Å². The summed E-state index contributed by atoms with van der Waals surface area (Å²) >= 11 is 3.49. The average Bonchev–Trinajstić information content (AvgIpc) is 3.26. The highest BCUT2D eigenvalue weighted by Gasteiger charge is 2.78. The Balaban J connectivity index is 1.65. The number of rotatable bonds is 5. The van der Waals surface area contributed by atoms with Gasteiger partial charge in [0.15, 0.2) is 11.2 Å². The first-order chi connectivity index (χ1) is 17.8. The molecule has 3 aromatic rings. The number of hydrogen-bond acceptors (Lipinski definition) is 7. The number of fused-ring (bicyclic) bond motifs is 3. The van der Waals surface area contributed by atoms with Crippen LogP contribution in [0.25, 0.3) is 0 Å². The first-order valence-corrected chi connectivity index (χ1v) is 12.9. The molecule has 2 aromatic carbocycles. The number of likely N-dealkylation sites (N-methyl/N-ethyl adjacent to an activating group) is 1. The van der Waals surface area contributed by atoms with Crippen LogP contribution in [0.2, 0.25) is 0 Å². The molecule has 192 valence electrons. The van der Waals surface area contributed by atoms with Crippen molar-refractivity contribution < 1.29 is 29.2 Å². The van der Waals surface area contributed by atoms with Gasteiger partial charge in [-0.2, -0.15) is 0 Å². The molecular weight excluding hydrogens is 540 g/mol. The summed E-state index contributed by atoms with van der Waals surface area (Å²) in [4.78, 5) is 20.0. The summed E-state index contributed by atoms with van der Waals surface area (Å²) in [5, 5.41) is 24.9. The van der Waals surface area contributed by atoms with E-state index < -0.39 is 29.1 Å². The van der Waals surface area contributed by atoms with Gasteiger partial charge < -0.3 is 29.3 Å². The maximum Gasteiger partial charge on any atom is 0.229 e. The molecule has 1 saturated carbocycles. The summed E-state index contributed by atoms with van der Waals surface area (Å²) in [5.74, 6) is -1.47. The highest BCUT2D eigenvalue weighted by atomic mass is 79.9. The van der Waals surface area contributed by atoms with Crippen molar-refractivity contribution in [3.63, 3.8) is 0 Å². The van der Waals surface area contributed by atoms with Crippen molar-refractivity contribution in [2.45, 2.75) is 29.3 Å². The van der Waals surface area contributed by atoms with E-state index in [1.165, 1.54) is 19.5 Å². The number of nitrogens with zero attached hydrogens (tertiary/aromatic N) is 2. The number of methoxy groups -OCH3 is 1. The molecule has 9 heteroatoms. The Morgan fingerprint density at radius 1 is 1.14 bits per heavy atom. The average molecular weight is 567 g/mol. The smallest absolute Gasteiger partial charge is 0.229 e. The Morgan fingerprint density at radius 3 is 2.46 bits per heavy atom. The molecule has 2 fully saturated rings. The standard InChI is InChI=1S/C28H27BrN2O6/c1-31(19-14-36-15-19)26(33)22-23(16-6-4-3-5-7-16)28(17-8-10-18(29)11-9-17)27(34,25(22)32)24-20(35-2)12-30-13-21(24)37-28/h3-13,19,22-23,25,32,34H,14-15H2,1-2H3. The number of pyridine rings is 1. The molecule has 37 heavy (non-hydrogen) atoms. The molecule has 2 N–H and O–H groups in total. The van der Waals surface area contributed by atoms with Crippen molar-refractivity contribution in [3.05, 3.63) is 88.2 Å². The topological polar surface area (TPSA) is 101 Å². The molecule has 1 aliphatic carbocycles. The van der Waals surface area contributed by atoms with Crippen LogP contribution in [0, 0.1) is 5.92 Å². The zero-order valence-corrected chi connectivity index (χ0v) is 22.0. The van der Waals surface area contributed by atoms with Gasteiger partial charge in [-0.05, 0) is 23.3 Å². The number of aromatic nitrogens is 1. The van der Waals surface area contributed by atoms with Crippen LogP contribution in [0.4, 0.5) is 0 Å². The van der Waals surface area contributed by atoms with Crippen molar-refractivity contribution in [2.75, 3.05) is 27.4 Å². The van der Waals surface area contributed by atoms with E-state index >= 15 is 0 Å². The molecule has 5 atom stereocenters. The van der Waals surface area contributed by atoms with Gasteiger partial charge in [0.25, 0.3) is 0 Å². The number of aliphatic hydroxyl groups excluding tert-OH is 1. The van der Waals surface area contributed by atoms with Gasteiger partial charge in [-0.1, -0.05) is 58.4 Å². The number of amides is 1. The third-order valence-corrected chi connectivity index (χ3v) is 8.64. The lowest BCUT2D eigenvalue weighted by Crippen LogP contribution is -2.53. The Labute approximate surface area is 222 Å². The van der Waals surface area contributed by atoms with Gasteiger partial charge >= 0.3 is 0 Å². The molecule has 5 unspecified atom stereocenters. The van der Waals surface area contributed by atoms with Crippen molar-refractivity contribution in [1.82, 2.24) is 9.88 Å².